The molecule has 0 fully saturated rings. The molecule has 0 spiro atoms. The summed E-state index contributed by atoms with van der Waals surface area (Å²) in [5, 5.41) is 10.2. The molecule has 0 aromatic heterocycles. The second kappa shape index (κ2) is 4.79. The van der Waals surface area contributed by atoms with Gasteiger partial charge in [-0.1, -0.05) is 11.6 Å². The van der Waals surface area contributed by atoms with Crippen LogP contribution in [0.25, 0.3) is 0 Å². The summed E-state index contributed by atoms with van der Waals surface area (Å²) in [7, 11) is 0. The quantitative estimate of drug-likeness (QED) is 0.469. The zero-order chi connectivity index (χ0) is 12.5. The maximum atomic E-state index is 13.0. The van der Waals surface area contributed by atoms with Gasteiger partial charge >= 0.3 is 9.67 Å². The minimum absolute atomic E-state index is 0.427. The highest BCUT2D eigenvalue weighted by atomic mass is 35.6. The summed E-state index contributed by atoms with van der Waals surface area (Å²) < 4.78 is 15.4. The molecule has 0 saturated carbocycles. The van der Waals surface area contributed by atoms with Crippen LogP contribution in [-0.4, -0.2) is 8.90 Å². The first-order chi connectivity index (χ1) is 7.20. The number of halogens is 5. The Hall–Kier alpha value is -0.490. The van der Waals surface area contributed by atoms with Crippen molar-refractivity contribution in [2.45, 2.75) is 3.98 Å². The van der Waals surface area contributed by atoms with Gasteiger partial charge in [0, 0.05) is 12.1 Å². The lowest BCUT2D eigenvalue weighted by Crippen LogP contribution is -2.13. The van der Waals surface area contributed by atoms with Crippen molar-refractivity contribution in [1.82, 2.24) is 0 Å². The Balaban J connectivity index is 3.25. The monoisotopic (exact) mass is 307 g/mol. The highest BCUT2D eigenvalue weighted by Crippen LogP contribution is 2.38. The molecule has 1 rings (SSSR count). The molecule has 0 heterocycles. The summed E-state index contributed by atoms with van der Waals surface area (Å²) in [5.41, 5.74) is -0.599. The number of ether oxygens (including phenoxy) is 1. The van der Waals surface area contributed by atoms with E-state index in [0.717, 1.165) is 6.07 Å². The molecule has 0 radical (unpaired) electrons. The fourth-order valence-electron chi connectivity index (χ4n) is 0.867. The van der Waals surface area contributed by atoms with Crippen LogP contribution < -0.4 is 4.74 Å². The Labute approximate surface area is 109 Å². The van der Waals surface area contributed by atoms with Crippen LogP contribution in [0.15, 0.2) is 12.1 Å². The van der Waals surface area contributed by atoms with Gasteiger partial charge in [-0.05, 0) is 34.8 Å². The molecule has 0 atom stereocenters. The maximum absolute atomic E-state index is 13.0. The van der Waals surface area contributed by atoms with E-state index in [2.05, 4.69) is 4.74 Å². The van der Waals surface area contributed by atoms with E-state index in [4.69, 9.17) is 46.4 Å². The van der Waals surface area contributed by atoms with Gasteiger partial charge in [-0.15, -0.1) is 0 Å². The van der Waals surface area contributed by atoms with Crippen molar-refractivity contribution in [2.75, 3.05) is 0 Å². The Morgan fingerprint density at radius 2 is 1.94 bits per heavy atom. The summed E-state index contributed by atoms with van der Waals surface area (Å²) in [6.45, 7) is 0. The van der Waals surface area contributed by atoms with Crippen LogP contribution in [0.1, 0.15) is 0 Å². The van der Waals surface area contributed by atoms with E-state index in [1.807, 2.05) is 0 Å². The first-order valence-corrected chi connectivity index (χ1v) is 5.11. The maximum Gasteiger partial charge on any atom is 0.338 e. The molecule has 0 unspecified atom stereocenters. The zero-order valence-corrected chi connectivity index (χ0v) is 10.2. The van der Waals surface area contributed by atoms with Crippen LogP contribution in [0.3, 0.4) is 0 Å². The van der Waals surface area contributed by atoms with Gasteiger partial charge in [0.1, 0.15) is 5.82 Å². The number of rotatable bonds is 2. The summed E-state index contributed by atoms with van der Waals surface area (Å²) in [5.74, 6) is -1.44. The van der Waals surface area contributed by atoms with Crippen LogP contribution >= 0.6 is 46.4 Å². The van der Waals surface area contributed by atoms with Crippen LogP contribution in [0.4, 0.5) is 10.1 Å². The van der Waals surface area contributed by atoms with E-state index >= 15 is 0 Å². The van der Waals surface area contributed by atoms with Gasteiger partial charge in [0.15, 0.2) is 0 Å². The van der Waals surface area contributed by atoms with Gasteiger partial charge in [-0.3, -0.25) is 10.1 Å². The fraction of sp³-hybridized carbons (Fsp3) is 0.143. The lowest BCUT2D eigenvalue weighted by Gasteiger charge is -2.13. The number of nitro groups is 1. The molecular weight excluding hydrogens is 307 g/mol. The van der Waals surface area contributed by atoms with Gasteiger partial charge in [-0.2, -0.15) is 0 Å². The lowest BCUT2D eigenvalue weighted by molar-refractivity contribution is -0.386. The van der Waals surface area contributed by atoms with Crippen molar-refractivity contribution in [3.8, 4) is 5.75 Å². The Kier molecular flexibility index (Phi) is 4.07. The average molecular weight is 309 g/mol. The molecule has 0 aliphatic rings. The Bertz CT molecular complexity index is 434. The molecule has 1 aromatic carbocycles. The van der Waals surface area contributed by atoms with Crippen molar-refractivity contribution in [1.29, 1.82) is 0 Å². The number of benzene rings is 1. The highest BCUT2D eigenvalue weighted by molar-refractivity contribution is 6.66. The molecule has 88 valence electrons. The normalized spacial score (nSPS) is 11.3. The average Bonchev–Trinajstić information content (AvgIpc) is 2.07. The van der Waals surface area contributed by atoms with Crippen molar-refractivity contribution in [3.63, 3.8) is 0 Å². The highest BCUT2D eigenvalue weighted by Gasteiger charge is 2.28. The largest absolute Gasteiger partial charge is 0.438 e. The van der Waals surface area contributed by atoms with Crippen molar-refractivity contribution < 1.29 is 14.1 Å². The fourth-order valence-corrected chi connectivity index (χ4v) is 1.27. The van der Waals surface area contributed by atoms with Gasteiger partial charge in [0.05, 0.1) is 9.95 Å². The van der Waals surface area contributed by atoms with E-state index in [-0.39, 0.29) is 0 Å². The first kappa shape index (κ1) is 13.6. The lowest BCUT2D eigenvalue weighted by atomic mass is 10.3. The number of hydrogen-bond acceptors (Lipinski definition) is 3. The van der Waals surface area contributed by atoms with Crippen LogP contribution in [0.2, 0.25) is 5.02 Å². The number of alkyl halides is 3. The second-order valence-electron chi connectivity index (χ2n) is 2.54. The van der Waals surface area contributed by atoms with E-state index in [0.29, 0.717) is 6.07 Å². The number of nitro benzene ring substituents is 1. The molecule has 16 heavy (non-hydrogen) atoms. The van der Waals surface area contributed by atoms with Crippen LogP contribution in [-0.2, 0) is 0 Å². The van der Waals surface area contributed by atoms with Crippen molar-refractivity contribution in [2.24, 2.45) is 0 Å². The third kappa shape index (κ3) is 3.52. The standard InChI is InChI=1S/C7H2Cl4FNO3/c8-3-1-5(13(14)15)6(2-4(3)12)16-7(9,10)11/h1-2H. The molecule has 0 bridgehead atoms. The molecule has 0 saturated heterocycles. The minimum Gasteiger partial charge on any atom is -0.438 e. The van der Waals surface area contributed by atoms with Gasteiger partial charge in [0.25, 0.3) is 0 Å². The molecule has 9 heteroatoms. The molecule has 1 aromatic rings. The third-order valence-electron chi connectivity index (χ3n) is 1.42. The predicted molar refractivity (Wildman–Crippen MR) is 59.0 cm³/mol. The molecule has 0 amide bonds. The SMILES string of the molecule is O=[N+]([O-])c1cc(Cl)c(F)cc1OC(Cl)(Cl)Cl. The van der Waals surface area contributed by atoms with E-state index < -0.39 is 31.2 Å². The molecule has 0 aliphatic carbocycles. The Morgan fingerprint density at radius 1 is 1.38 bits per heavy atom. The van der Waals surface area contributed by atoms with E-state index in [9.17, 15) is 14.5 Å². The number of nitrogens with zero attached hydrogens (tertiary/aromatic N) is 1. The Morgan fingerprint density at radius 3 is 2.38 bits per heavy atom. The van der Waals surface area contributed by atoms with E-state index in [1.165, 1.54) is 0 Å². The van der Waals surface area contributed by atoms with Gasteiger partial charge < -0.3 is 4.74 Å². The van der Waals surface area contributed by atoms with E-state index in [1.54, 1.807) is 0 Å². The molecule has 4 nitrogen and oxygen atoms in total. The second-order valence-corrected chi connectivity index (χ2v) is 5.12. The van der Waals surface area contributed by atoms with Gasteiger partial charge in [0.2, 0.25) is 5.75 Å². The smallest absolute Gasteiger partial charge is 0.338 e. The summed E-state index contributed by atoms with van der Waals surface area (Å²) >= 11 is 21.2. The van der Waals surface area contributed by atoms with Gasteiger partial charge in [-0.25, -0.2) is 4.39 Å². The predicted octanol–water partition coefficient (Wildman–Crippen LogP) is 4.09. The summed E-state index contributed by atoms with van der Waals surface area (Å²) in [6.07, 6.45) is 0. The molecule has 0 N–H and O–H groups in total. The van der Waals surface area contributed by atoms with Crippen molar-refractivity contribution >= 4 is 52.1 Å². The summed E-state index contributed by atoms with van der Waals surface area (Å²) in [6, 6.07) is 1.44. The minimum atomic E-state index is -2.23. The van der Waals surface area contributed by atoms with Crippen LogP contribution in [0.5, 0.6) is 5.75 Å². The third-order valence-corrected chi connectivity index (χ3v) is 1.95. The topological polar surface area (TPSA) is 52.4 Å². The molecular formula is C7H2Cl4FNO3. The summed E-state index contributed by atoms with van der Waals surface area (Å²) in [4.78, 5) is 9.75. The first-order valence-electron chi connectivity index (χ1n) is 3.60. The van der Waals surface area contributed by atoms with Crippen molar-refractivity contribution in [3.05, 3.63) is 33.1 Å². The number of hydrogen-bond donors (Lipinski definition) is 0. The molecule has 0 aliphatic heterocycles. The zero-order valence-electron chi connectivity index (χ0n) is 7.22. The van der Waals surface area contributed by atoms with Crippen LogP contribution in [0, 0.1) is 15.9 Å².